The third kappa shape index (κ3) is 3.45. The number of pyridine rings is 1. The highest BCUT2D eigenvalue weighted by Gasteiger charge is 2.15. The first-order valence-electron chi connectivity index (χ1n) is 7.50. The third-order valence-electron chi connectivity index (χ3n) is 3.59. The van der Waals surface area contributed by atoms with Crippen LogP contribution in [0.2, 0.25) is 0 Å². The molecule has 0 aliphatic carbocycles. The van der Waals surface area contributed by atoms with E-state index in [-0.39, 0.29) is 6.04 Å². The molecular formula is C18H24N2. The molecule has 2 rings (SSSR count). The van der Waals surface area contributed by atoms with Gasteiger partial charge in [0.1, 0.15) is 0 Å². The third-order valence-corrected chi connectivity index (χ3v) is 3.59. The Morgan fingerprint density at radius 2 is 2.00 bits per heavy atom. The van der Waals surface area contributed by atoms with Gasteiger partial charge in [0, 0.05) is 11.9 Å². The van der Waals surface area contributed by atoms with Gasteiger partial charge in [-0.3, -0.25) is 4.98 Å². The summed E-state index contributed by atoms with van der Waals surface area (Å²) in [4.78, 5) is 4.43. The van der Waals surface area contributed by atoms with Gasteiger partial charge in [-0.1, -0.05) is 50.6 Å². The van der Waals surface area contributed by atoms with Gasteiger partial charge in [-0.2, -0.15) is 0 Å². The minimum absolute atomic E-state index is 0.227. The van der Waals surface area contributed by atoms with Crippen molar-refractivity contribution in [1.82, 2.24) is 10.3 Å². The SMILES string of the molecule is CCCc1cccc(C(NCC)c2cccnc2C)c1. The zero-order valence-electron chi connectivity index (χ0n) is 12.7. The van der Waals surface area contributed by atoms with E-state index >= 15 is 0 Å². The maximum Gasteiger partial charge on any atom is 0.0594 e. The highest BCUT2D eigenvalue weighted by Crippen LogP contribution is 2.24. The fourth-order valence-corrected chi connectivity index (χ4v) is 2.63. The lowest BCUT2D eigenvalue weighted by molar-refractivity contribution is 0.624. The minimum Gasteiger partial charge on any atom is -0.306 e. The van der Waals surface area contributed by atoms with Gasteiger partial charge >= 0.3 is 0 Å². The second-order valence-corrected chi connectivity index (χ2v) is 5.16. The van der Waals surface area contributed by atoms with Crippen molar-refractivity contribution in [3.63, 3.8) is 0 Å². The molecule has 0 aliphatic heterocycles. The highest BCUT2D eigenvalue weighted by molar-refractivity contribution is 5.36. The van der Waals surface area contributed by atoms with E-state index in [2.05, 4.69) is 61.4 Å². The molecule has 20 heavy (non-hydrogen) atoms. The monoisotopic (exact) mass is 268 g/mol. The van der Waals surface area contributed by atoms with E-state index in [0.717, 1.165) is 18.7 Å². The van der Waals surface area contributed by atoms with E-state index in [1.165, 1.54) is 23.1 Å². The van der Waals surface area contributed by atoms with Crippen molar-refractivity contribution in [3.05, 3.63) is 65.0 Å². The van der Waals surface area contributed by atoms with E-state index in [0.29, 0.717) is 0 Å². The molecule has 0 saturated heterocycles. The number of hydrogen-bond acceptors (Lipinski definition) is 2. The van der Waals surface area contributed by atoms with Crippen LogP contribution in [0.1, 0.15) is 48.7 Å². The van der Waals surface area contributed by atoms with E-state index in [1.807, 2.05) is 12.3 Å². The molecule has 0 fully saturated rings. The lowest BCUT2D eigenvalue weighted by Gasteiger charge is -2.21. The van der Waals surface area contributed by atoms with Gasteiger partial charge in [-0.05, 0) is 42.6 Å². The molecule has 0 saturated carbocycles. The first-order chi connectivity index (χ1) is 9.76. The van der Waals surface area contributed by atoms with Crippen molar-refractivity contribution in [1.29, 1.82) is 0 Å². The van der Waals surface area contributed by atoms with Crippen molar-refractivity contribution < 1.29 is 0 Å². The molecule has 1 unspecified atom stereocenters. The molecule has 2 aromatic rings. The van der Waals surface area contributed by atoms with Crippen LogP contribution in [0, 0.1) is 6.92 Å². The first kappa shape index (κ1) is 14.7. The van der Waals surface area contributed by atoms with E-state index in [9.17, 15) is 0 Å². The molecule has 1 aromatic heterocycles. The van der Waals surface area contributed by atoms with Crippen molar-refractivity contribution in [2.45, 2.75) is 39.7 Å². The van der Waals surface area contributed by atoms with Crippen molar-refractivity contribution >= 4 is 0 Å². The Morgan fingerprint density at radius 1 is 1.15 bits per heavy atom. The number of rotatable bonds is 6. The van der Waals surface area contributed by atoms with Gasteiger partial charge in [0.25, 0.3) is 0 Å². The summed E-state index contributed by atoms with van der Waals surface area (Å²) in [6.07, 6.45) is 4.18. The predicted molar refractivity (Wildman–Crippen MR) is 84.9 cm³/mol. The van der Waals surface area contributed by atoms with Gasteiger partial charge in [0.15, 0.2) is 0 Å². The summed E-state index contributed by atoms with van der Waals surface area (Å²) in [6.45, 7) is 7.39. The summed E-state index contributed by atoms with van der Waals surface area (Å²) >= 11 is 0. The molecule has 1 N–H and O–H groups in total. The topological polar surface area (TPSA) is 24.9 Å². The number of nitrogens with zero attached hydrogens (tertiary/aromatic N) is 1. The van der Waals surface area contributed by atoms with Gasteiger partial charge in [-0.25, -0.2) is 0 Å². The second-order valence-electron chi connectivity index (χ2n) is 5.16. The first-order valence-corrected chi connectivity index (χ1v) is 7.50. The quantitative estimate of drug-likeness (QED) is 0.855. The van der Waals surface area contributed by atoms with Gasteiger partial charge in [-0.15, -0.1) is 0 Å². The molecule has 2 heteroatoms. The maximum atomic E-state index is 4.43. The van der Waals surface area contributed by atoms with Gasteiger partial charge < -0.3 is 5.32 Å². The van der Waals surface area contributed by atoms with E-state index in [4.69, 9.17) is 0 Å². The Kier molecular flexibility index (Phi) is 5.31. The van der Waals surface area contributed by atoms with Crippen LogP contribution in [0.3, 0.4) is 0 Å². The van der Waals surface area contributed by atoms with E-state index in [1.54, 1.807) is 0 Å². The van der Waals surface area contributed by atoms with Gasteiger partial charge in [0.05, 0.1) is 6.04 Å². The number of aryl methyl sites for hydroxylation is 2. The number of hydrogen-bond donors (Lipinski definition) is 1. The smallest absolute Gasteiger partial charge is 0.0594 e. The van der Waals surface area contributed by atoms with Crippen LogP contribution >= 0.6 is 0 Å². The average molecular weight is 268 g/mol. The fraction of sp³-hybridized carbons (Fsp3) is 0.389. The molecule has 0 amide bonds. The molecule has 2 nitrogen and oxygen atoms in total. The molecular weight excluding hydrogens is 244 g/mol. The summed E-state index contributed by atoms with van der Waals surface area (Å²) in [5, 5.41) is 3.59. The summed E-state index contributed by atoms with van der Waals surface area (Å²) < 4.78 is 0. The summed E-state index contributed by atoms with van der Waals surface area (Å²) in [5.41, 5.74) is 5.10. The Morgan fingerprint density at radius 3 is 2.70 bits per heavy atom. The van der Waals surface area contributed by atoms with Crippen LogP contribution in [0.25, 0.3) is 0 Å². The molecule has 0 radical (unpaired) electrons. The Balaban J connectivity index is 2.38. The van der Waals surface area contributed by atoms with Crippen LogP contribution in [-0.2, 0) is 6.42 Å². The molecule has 1 aromatic carbocycles. The maximum absolute atomic E-state index is 4.43. The largest absolute Gasteiger partial charge is 0.306 e. The molecule has 0 aliphatic rings. The van der Waals surface area contributed by atoms with Gasteiger partial charge in [0.2, 0.25) is 0 Å². The molecule has 0 spiro atoms. The highest BCUT2D eigenvalue weighted by atomic mass is 14.9. The van der Waals surface area contributed by atoms with Crippen LogP contribution in [0.5, 0.6) is 0 Å². The van der Waals surface area contributed by atoms with Crippen molar-refractivity contribution in [2.75, 3.05) is 6.54 Å². The number of aromatic nitrogens is 1. The van der Waals surface area contributed by atoms with Crippen LogP contribution < -0.4 is 5.32 Å². The summed E-state index contributed by atoms with van der Waals surface area (Å²) in [7, 11) is 0. The van der Waals surface area contributed by atoms with Crippen LogP contribution in [-0.4, -0.2) is 11.5 Å². The number of nitrogens with one attached hydrogen (secondary N) is 1. The fourth-order valence-electron chi connectivity index (χ4n) is 2.63. The molecule has 1 atom stereocenters. The lowest BCUT2D eigenvalue weighted by atomic mass is 9.95. The summed E-state index contributed by atoms with van der Waals surface area (Å²) in [5.74, 6) is 0. The van der Waals surface area contributed by atoms with Crippen LogP contribution in [0.15, 0.2) is 42.6 Å². The molecule has 1 heterocycles. The van der Waals surface area contributed by atoms with Crippen molar-refractivity contribution in [3.8, 4) is 0 Å². The standard InChI is InChI=1S/C18H24N2/c1-4-8-15-9-6-10-16(13-15)18(19-5-2)17-11-7-12-20-14(17)3/h6-7,9-13,18-19H,4-5,8H2,1-3H3. The summed E-state index contributed by atoms with van der Waals surface area (Å²) in [6, 6.07) is 13.3. The zero-order chi connectivity index (χ0) is 14.4. The minimum atomic E-state index is 0.227. The lowest BCUT2D eigenvalue weighted by Crippen LogP contribution is -2.23. The van der Waals surface area contributed by atoms with E-state index < -0.39 is 0 Å². The second kappa shape index (κ2) is 7.20. The predicted octanol–water partition coefficient (Wildman–Crippen LogP) is 4.04. The average Bonchev–Trinajstić information content (AvgIpc) is 2.46. The Labute approximate surface area is 122 Å². The normalized spacial score (nSPS) is 12.3. The number of benzene rings is 1. The molecule has 0 bridgehead atoms. The zero-order valence-corrected chi connectivity index (χ0v) is 12.7. The molecule has 106 valence electrons. The van der Waals surface area contributed by atoms with Crippen molar-refractivity contribution in [2.24, 2.45) is 0 Å². The Hall–Kier alpha value is -1.67. The van der Waals surface area contributed by atoms with Crippen LogP contribution in [0.4, 0.5) is 0 Å². The Bertz CT molecular complexity index is 549.